The van der Waals surface area contributed by atoms with E-state index in [-0.39, 0.29) is 24.6 Å². The Morgan fingerprint density at radius 3 is 2.87 bits per heavy atom. The standard InChI is InChI=1S/C18H29N3O2/c1-13-6-7-17(14(2)9-13)21-18(23)20-11-15(12-22)10-16-5-3-4-8-19-16/h3-5,8,13-15,17,22H,6-7,9-12H2,1-2H3,(H2,20,21,23)/t13-,14-,15+,17+/m1/s1. The van der Waals surface area contributed by atoms with Gasteiger partial charge in [0.1, 0.15) is 0 Å². The van der Waals surface area contributed by atoms with Crippen LogP contribution in [0.15, 0.2) is 24.4 Å². The van der Waals surface area contributed by atoms with E-state index < -0.39 is 0 Å². The van der Waals surface area contributed by atoms with Crippen molar-refractivity contribution in [3.8, 4) is 0 Å². The third-order valence-corrected chi connectivity index (χ3v) is 4.78. The second kappa shape index (κ2) is 8.87. The molecule has 0 radical (unpaired) electrons. The number of hydrogen-bond donors (Lipinski definition) is 3. The second-order valence-electron chi connectivity index (χ2n) is 6.93. The molecule has 4 atom stereocenters. The van der Waals surface area contributed by atoms with Crippen LogP contribution in [0.5, 0.6) is 0 Å². The molecule has 2 amide bonds. The number of rotatable bonds is 6. The van der Waals surface area contributed by atoms with Crippen LogP contribution in [-0.2, 0) is 6.42 Å². The third-order valence-electron chi connectivity index (χ3n) is 4.78. The number of aromatic nitrogens is 1. The van der Waals surface area contributed by atoms with E-state index >= 15 is 0 Å². The van der Waals surface area contributed by atoms with Crippen molar-refractivity contribution in [1.29, 1.82) is 0 Å². The summed E-state index contributed by atoms with van der Waals surface area (Å²) in [5.41, 5.74) is 0.934. The lowest BCUT2D eigenvalue weighted by Crippen LogP contribution is -2.48. The minimum Gasteiger partial charge on any atom is -0.396 e. The number of carbonyl (C=O) groups is 1. The quantitative estimate of drug-likeness (QED) is 0.753. The molecule has 0 spiro atoms. The van der Waals surface area contributed by atoms with Gasteiger partial charge in [-0.3, -0.25) is 4.98 Å². The number of amides is 2. The van der Waals surface area contributed by atoms with Crippen LogP contribution in [0.4, 0.5) is 4.79 Å². The van der Waals surface area contributed by atoms with Gasteiger partial charge in [0, 0.05) is 37.0 Å². The first-order chi connectivity index (χ1) is 11.1. The van der Waals surface area contributed by atoms with Crippen molar-refractivity contribution >= 4 is 6.03 Å². The SMILES string of the molecule is C[C@@H]1CC[C@H](NC(=O)NC[C@@H](CO)Cc2ccccn2)[C@H](C)C1. The Hall–Kier alpha value is -1.62. The van der Waals surface area contributed by atoms with Crippen LogP contribution in [0.2, 0.25) is 0 Å². The van der Waals surface area contributed by atoms with Crippen LogP contribution < -0.4 is 10.6 Å². The predicted octanol–water partition coefficient (Wildman–Crippen LogP) is 2.36. The maximum absolute atomic E-state index is 12.1. The van der Waals surface area contributed by atoms with Gasteiger partial charge in [0.05, 0.1) is 0 Å². The van der Waals surface area contributed by atoms with E-state index in [1.165, 1.54) is 12.8 Å². The number of pyridine rings is 1. The van der Waals surface area contributed by atoms with Crippen molar-refractivity contribution in [3.63, 3.8) is 0 Å². The average Bonchev–Trinajstić information content (AvgIpc) is 2.55. The van der Waals surface area contributed by atoms with E-state index in [0.29, 0.717) is 18.9 Å². The Kier molecular flexibility index (Phi) is 6.84. The molecule has 1 aromatic heterocycles. The number of aliphatic hydroxyl groups is 1. The van der Waals surface area contributed by atoms with Crippen LogP contribution in [0.25, 0.3) is 0 Å². The minimum atomic E-state index is -0.129. The molecule has 1 aromatic rings. The molecular formula is C18H29N3O2. The minimum absolute atomic E-state index is 0.0144. The molecule has 3 N–H and O–H groups in total. The zero-order valence-corrected chi connectivity index (χ0v) is 14.2. The van der Waals surface area contributed by atoms with Gasteiger partial charge in [0.25, 0.3) is 0 Å². The summed E-state index contributed by atoms with van der Waals surface area (Å²) in [4.78, 5) is 16.4. The Labute approximate surface area is 138 Å². The molecule has 1 fully saturated rings. The average molecular weight is 319 g/mol. The lowest BCUT2D eigenvalue weighted by molar-refractivity contribution is 0.197. The smallest absolute Gasteiger partial charge is 0.315 e. The molecule has 5 nitrogen and oxygen atoms in total. The highest BCUT2D eigenvalue weighted by Gasteiger charge is 2.26. The molecule has 1 heterocycles. The lowest BCUT2D eigenvalue weighted by atomic mass is 9.80. The summed E-state index contributed by atoms with van der Waals surface area (Å²) < 4.78 is 0. The Morgan fingerprint density at radius 2 is 2.22 bits per heavy atom. The van der Waals surface area contributed by atoms with Crippen molar-refractivity contribution in [3.05, 3.63) is 30.1 Å². The highest BCUT2D eigenvalue weighted by Crippen LogP contribution is 2.28. The highest BCUT2D eigenvalue weighted by atomic mass is 16.3. The number of urea groups is 1. The summed E-state index contributed by atoms with van der Waals surface area (Å²) in [6.07, 6.45) is 5.80. The molecule has 23 heavy (non-hydrogen) atoms. The van der Waals surface area contributed by atoms with Crippen LogP contribution in [0, 0.1) is 17.8 Å². The molecule has 5 heteroatoms. The molecule has 1 saturated carbocycles. The van der Waals surface area contributed by atoms with Crippen molar-refractivity contribution in [1.82, 2.24) is 15.6 Å². The summed E-state index contributed by atoms with van der Waals surface area (Å²) in [6, 6.07) is 5.87. The maximum Gasteiger partial charge on any atom is 0.315 e. The number of nitrogens with one attached hydrogen (secondary N) is 2. The van der Waals surface area contributed by atoms with Crippen LogP contribution in [0.1, 0.15) is 38.8 Å². The molecule has 2 rings (SSSR count). The van der Waals surface area contributed by atoms with E-state index in [2.05, 4.69) is 29.5 Å². The molecule has 0 aliphatic heterocycles. The van der Waals surface area contributed by atoms with E-state index in [0.717, 1.165) is 18.0 Å². The van der Waals surface area contributed by atoms with Gasteiger partial charge in [-0.1, -0.05) is 19.9 Å². The van der Waals surface area contributed by atoms with E-state index in [1.54, 1.807) is 6.20 Å². The van der Waals surface area contributed by atoms with Crippen molar-refractivity contribution in [2.24, 2.45) is 17.8 Å². The first-order valence-electron chi connectivity index (χ1n) is 8.63. The van der Waals surface area contributed by atoms with Crippen molar-refractivity contribution in [2.45, 2.75) is 45.6 Å². The molecule has 0 aromatic carbocycles. The molecule has 1 aliphatic carbocycles. The summed E-state index contributed by atoms with van der Waals surface area (Å²) in [7, 11) is 0. The van der Waals surface area contributed by atoms with Gasteiger partial charge in [-0.15, -0.1) is 0 Å². The molecule has 0 saturated heterocycles. The van der Waals surface area contributed by atoms with Crippen LogP contribution in [-0.4, -0.2) is 35.3 Å². The number of nitrogens with zero attached hydrogens (tertiary/aromatic N) is 1. The van der Waals surface area contributed by atoms with Gasteiger partial charge in [-0.2, -0.15) is 0 Å². The first-order valence-corrected chi connectivity index (χ1v) is 8.63. The Bertz CT molecular complexity index is 480. The molecule has 1 aliphatic rings. The van der Waals surface area contributed by atoms with E-state index in [1.807, 2.05) is 18.2 Å². The maximum atomic E-state index is 12.1. The largest absolute Gasteiger partial charge is 0.396 e. The number of hydrogen-bond acceptors (Lipinski definition) is 3. The van der Waals surface area contributed by atoms with E-state index in [9.17, 15) is 9.90 Å². The fourth-order valence-electron chi connectivity index (χ4n) is 3.35. The lowest BCUT2D eigenvalue weighted by Gasteiger charge is -2.33. The zero-order valence-electron chi connectivity index (χ0n) is 14.2. The van der Waals surface area contributed by atoms with Gasteiger partial charge in [-0.25, -0.2) is 4.79 Å². The highest BCUT2D eigenvalue weighted by molar-refractivity contribution is 5.74. The van der Waals surface area contributed by atoms with Crippen molar-refractivity contribution in [2.75, 3.05) is 13.2 Å². The van der Waals surface area contributed by atoms with E-state index in [4.69, 9.17) is 0 Å². The first kappa shape index (κ1) is 17.7. The van der Waals surface area contributed by atoms with Gasteiger partial charge in [0.15, 0.2) is 0 Å². The summed E-state index contributed by atoms with van der Waals surface area (Å²) in [5.74, 6) is 1.26. The Balaban J connectivity index is 1.74. The van der Waals surface area contributed by atoms with Crippen LogP contribution in [0.3, 0.4) is 0 Å². The van der Waals surface area contributed by atoms with Crippen LogP contribution >= 0.6 is 0 Å². The second-order valence-corrected chi connectivity index (χ2v) is 6.93. The molecular weight excluding hydrogens is 290 g/mol. The van der Waals surface area contributed by atoms with Crippen molar-refractivity contribution < 1.29 is 9.90 Å². The molecule has 128 valence electrons. The zero-order chi connectivity index (χ0) is 16.7. The van der Waals surface area contributed by atoms with Gasteiger partial charge in [0.2, 0.25) is 0 Å². The predicted molar refractivity (Wildman–Crippen MR) is 91.0 cm³/mol. The normalized spacial score (nSPS) is 25.6. The van der Waals surface area contributed by atoms with Gasteiger partial charge in [-0.05, 0) is 49.7 Å². The topological polar surface area (TPSA) is 74.2 Å². The van der Waals surface area contributed by atoms with Gasteiger partial charge < -0.3 is 15.7 Å². The fraction of sp³-hybridized carbons (Fsp3) is 0.667. The number of carbonyl (C=O) groups excluding carboxylic acids is 1. The fourth-order valence-corrected chi connectivity index (χ4v) is 3.35. The third kappa shape index (κ3) is 5.82. The summed E-state index contributed by atoms with van der Waals surface area (Å²) >= 11 is 0. The number of aliphatic hydroxyl groups excluding tert-OH is 1. The monoisotopic (exact) mass is 319 g/mol. The molecule has 0 bridgehead atoms. The van der Waals surface area contributed by atoms with Gasteiger partial charge >= 0.3 is 6.03 Å². The summed E-state index contributed by atoms with van der Waals surface area (Å²) in [5, 5.41) is 15.5. The molecule has 0 unspecified atom stereocenters. The summed E-state index contributed by atoms with van der Waals surface area (Å²) in [6.45, 7) is 4.97. The Morgan fingerprint density at radius 1 is 1.39 bits per heavy atom.